The molecule has 0 radical (unpaired) electrons. The largest absolute Gasteiger partial charge is 0.494 e. The second-order valence-corrected chi connectivity index (χ2v) is 26.5. The first-order chi connectivity index (χ1) is 39.6. The van der Waals surface area contributed by atoms with Crippen LogP contribution < -0.4 is 18.9 Å². The number of ether oxygens (including phenoxy) is 4. The van der Waals surface area contributed by atoms with E-state index >= 15 is 0 Å². The minimum Gasteiger partial charge on any atom is -0.494 e. The van der Waals surface area contributed by atoms with Gasteiger partial charge in [0.15, 0.2) is 0 Å². The molecule has 4 nitrogen and oxygen atoms in total. The summed E-state index contributed by atoms with van der Waals surface area (Å²) in [6.45, 7) is 12.1. The highest BCUT2D eigenvalue weighted by Gasteiger charge is 2.55. The predicted octanol–water partition coefficient (Wildman–Crippen LogP) is 22.8. The molecule has 0 amide bonds. The second-order valence-electron chi connectivity index (χ2n) is 22.7. The highest BCUT2D eigenvalue weighted by Crippen LogP contribution is 2.69. The van der Waals surface area contributed by atoms with Crippen molar-refractivity contribution in [1.29, 1.82) is 0 Å². The number of hydrogen-bond donors (Lipinski definition) is 0. The van der Waals surface area contributed by atoms with Gasteiger partial charge in [-0.3, -0.25) is 0 Å². The summed E-state index contributed by atoms with van der Waals surface area (Å²) >= 11 is 7.85. The highest BCUT2D eigenvalue weighted by atomic mass is 32.1. The first-order valence-electron chi connectivity index (χ1n) is 31.3. The Morgan fingerprint density at radius 1 is 0.300 bits per heavy atom. The fourth-order valence-corrected chi connectivity index (χ4v) is 18.3. The van der Waals surface area contributed by atoms with Crippen LogP contribution in [-0.2, 0) is 10.8 Å². The van der Waals surface area contributed by atoms with Crippen molar-refractivity contribution in [3.8, 4) is 43.9 Å². The molecule has 0 fully saturated rings. The number of rotatable bonds is 36. The third-order valence-electron chi connectivity index (χ3n) is 17.0. The van der Waals surface area contributed by atoms with E-state index in [0.29, 0.717) is 0 Å². The summed E-state index contributed by atoms with van der Waals surface area (Å²) in [6, 6.07) is 41.7. The Hall–Kier alpha value is -4.86. The van der Waals surface area contributed by atoms with E-state index in [-0.39, 0.29) is 0 Å². The summed E-state index contributed by atoms with van der Waals surface area (Å²) in [5.41, 5.74) is 9.56. The van der Waals surface area contributed by atoms with Crippen molar-refractivity contribution < 1.29 is 18.9 Å². The lowest BCUT2D eigenvalue weighted by atomic mass is 9.70. The van der Waals surface area contributed by atoms with Crippen LogP contribution in [0.2, 0.25) is 0 Å². The minimum absolute atomic E-state index is 0.546. The van der Waals surface area contributed by atoms with Crippen LogP contribution >= 0.6 is 45.3 Å². The standard InChI is InChI=1S/C72H88O4S4/c1-5-9-13-17-21-25-47-73-57-37-29-53(30-38-57)71(54-31-39-58(40-32-54)74-48-26-22-18-14-10-6-2)63-65(61-45-51-77-69(61)71)79-68-64-66(80-67(63)68)62-46-52-78-70(62)72(64,55-33-41-59(42-34-55)75-49-27-23-19-15-11-7-3)56-35-43-60(44-36-56)76-50-28-24-20-16-12-8-4/h29-46,51-52H,5-28,47-50H2,1-4H3. The van der Waals surface area contributed by atoms with Gasteiger partial charge in [-0.25, -0.2) is 0 Å². The van der Waals surface area contributed by atoms with Crippen LogP contribution in [0.5, 0.6) is 23.0 Å². The smallest absolute Gasteiger partial charge is 0.119 e. The van der Waals surface area contributed by atoms with E-state index in [2.05, 4.69) is 148 Å². The molecule has 0 bridgehead atoms. The number of thiophene rings is 4. The van der Waals surface area contributed by atoms with Crippen LogP contribution in [0.4, 0.5) is 0 Å². The molecule has 4 heterocycles. The van der Waals surface area contributed by atoms with E-state index in [1.54, 1.807) is 0 Å². The molecule has 0 saturated heterocycles. The maximum atomic E-state index is 6.48. The van der Waals surface area contributed by atoms with Gasteiger partial charge in [-0.1, -0.05) is 205 Å². The van der Waals surface area contributed by atoms with Crippen LogP contribution in [0, 0.1) is 0 Å². The van der Waals surface area contributed by atoms with E-state index in [0.717, 1.165) is 75.1 Å². The van der Waals surface area contributed by atoms with Crippen molar-refractivity contribution in [2.45, 2.75) is 193 Å². The molecule has 2 aliphatic carbocycles. The van der Waals surface area contributed by atoms with E-state index in [1.807, 2.05) is 45.3 Å². The van der Waals surface area contributed by atoms with Gasteiger partial charge in [0.05, 0.1) is 46.7 Å². The molecule has 424 valence electrons. The maximum absolute atomic E-state index is 6.48. The van der Waals surface area contributed by atoms with Gasteiger partial charge in [0.2, 0.25) is 0 Å². The lowest BCUT2D eigenvalue weighted by Gasteiger charge is -2.33. The first-order valence-corrected chi connectivity index (χ1v) is 34.7. The lowest BCUT2D eigenvalue weighted by molar-refractivity contribution is 0.304. The molecule has 0 aliphatic heterocycles. The average molecular weight is 1150 g/mol. The lowest BCUT2D eigenvalue weighted by Crippen LogP contribution is -2.28. The number of fused-ring (bicyclic) bond motifs is 9. The molecule has 2 aliphatic rings. The third-order valence-corrected chi connectivity index (χ3v) is 21.7. The molecule has 10 rings (SSSR count). The van der Waals surface area contributed by atoms with E-state index in [1.165, 1.54) is 202 Å². The zero-order valence-electron chi connectivity index (χ0n) is 48.6. The molecule has 8 heteroatoms. The molecular formula is C72H88O4S4. The molecule has 4 aromatic heterocycles. The van der Waals surface area contributed by atoms with Gasteiger partial charge in [-0.05, 0) is 119 Å². The summed E-state index contributed by atoms with van der Waals surface area (Å²) in [4.78, 5) is 5.56. The summed E-state index contributed by atoms with van der Waals surface area (Å²) in [5, 5.41) is 4.65. The van der Waals surface area contributed by atoms with E-state index < -0.39 is 10.8 Å². The van der Waals surface area contributed by atoms with E-state index in [4.69, 9.17) is 18.9 Å². The number of unbranched alkanes of at least 4 members (excludes halogenated alkanes) is 20. The Morgan fingerprint density at radius 2 is 0.550 bits per heavy atom. The van der Waals surface area contributed by atoms with Crippen LogP contribution in [-0.4, -0.2) is 26.4 Å². The first kappa shape index (κ1) is 58.3. The zero-order chi connectivity index (χ0) is 55.0. The summed E-state index contributed by atoms with van der Waals surface area (Å²) in [7, 11) is 0. The van der Waals surface area contributed by atoms with Gasteiger partial charge in [0.25, 0.3) is 0 Å². The SMILES string of the molecule is CCCCCCCCOc1ccc(C2(c3ccc(OCCCCCCCC)cc3)c3sccc3-c3sc4c5c(sc4c32)-c2ccsc2C5(c2ccc(OCCCCCCCC)cc2)c2ccc(OCCCCCCCC)cc2)cc1. The van der Waals surface area contributed by atoms with Crippen LogP contribution in [0.3, 0.4) is 0 Å². The molecule has 0 unspecified atom stereocenters. The highest BCUT2D eigenvalue weighted by molar-refractivity contribution is 7.32. The molecule has 0 atom stereocenters. The number of benzene rings is 4. The van der Waals surface area contributed by atoms with Gasteiger partial charge < -0.3 is 18.9 Å². The molecule has 0 spiro atoms. The Balaban J connectivity index is 1.06. The Morgan fingerprint density at radius 3 is 0.812 bits per heavy atom. The van der Waals surface area contributed by atoms with Crippen LogP contribution in [0.25, 0.3) is 30.3 Å². The monoisotopic (exact) mass is 1140 g/mol. The fourth-order valence-electron chi connectivity index (χ4n) is 12.7. The van der Waals surface area contributed by atoms with Gasteiger partial charge in [-0.2, -0.15) is 0 Å². The fraction of sp³-hybridized carbons (Fsp3) is 0.472. The van der Waals surface area contributed by atoms with Crippen molar-refractivity contribution in [2.75, 3.05) is 26.4 Å². The normalized spacial score (nSPS) is 13.6. The van der Waals surface area contributed by atoms with Crippen LogP contribution in [0.15, 0.2) is 120 Å². The Bertz CT molecular complexity index is 2780. The van der Waals surface area contributed by atoms with Gasteiger partial charge >= 0.3 is 0 Å². The molecule has 0 N–H and O–H groups in total. The second kappa shape index (κ2) is 28.9. The van der Waals surface area contributed by atoms with Crippen molar-refractivity contribution in [3.05, 3.63) is 163 Å². The predicted molar refractivity (Wildman–Crippen MR) is 346 cm³/mol. The minimum atomic E-state index is -0.546. The maximum Gasteiger partial charge on any atom is 0.119 e. The third kappa shape index (κ3) is 12.4. The van der Waals surface area contributed by atoms with Gasteiger partial charge in [-0.15, -0.1) is 45.3 Å². The van der Waals surface area contributed by atoms with Crippen molar-refractivity contribution in [2.24, 2.45) is 0 Å². The Labute approximate surface area is 496 Å². The quantitative estimate of drug-likeness (QED) is 0.0367. The molecule has 0 saturated carbocycles. The summed E-state index contributed by atoms with van der Waals surface area (Å²) in [5.74, 6) is 3.77. The summed E-state index contributed by atoms with van der Waals surface area (Å²) < 4.78 is 28.7. The molecule has 80 heavy (non-hydrogen) atoms. The van der Waals surface area contributed by atoms with Gasteiger partial charge in [0.1, 0.15) is 23.0 Å². The van der Waals surface area contributed by atoms with Gasteiger partial charge in [0, 0.05) is 41.8 Å². The topological polar surface area (TPSA) is 36.9 Å². The van der Waals surface area contributed by atoms with Crippen molar-refractivity contribution in [3.63, 3.8) is 0 Å². The van der Waals surface area contributed by atoms with Crippen molar-refractivity contribution in [1.82, 2.24) is 0 Å². The molecular weight excluding hydrogens is 1060 g/mol. The van der Waals surface area contributed by atoms with Crippen LogP contribution in [0.1, 0.15) is 225 Å². The van der Waals surface area contributed by atoms with E-state index in [9.17, 15) is 0 Å². The molecule has 4 aromatic carbocycles. The zero-order valence-corrected chi connectivity index (χ0v) is 51.9. The van der Waals surface area contributed by atoms with Crippen molar-refractivity contribution >= 4 is 54.7 Å². The molecule has 8 aromatic rings. The summed E-state index contributed by atoms with van der Waals surface area (Å²) in [6.07, 6.45) is 29.9. The number of hydrogen-bond acceptors (Lipinski definition) is 8. The average Bonchev–Trinajstić information content (AvgIpc) is 4.49. The Kier molecular flexibility index (Phi) is 21.1.